The molecule has 2 aliphatic rings. The minimum atomic E-state index is 0.428. The number of fused-ring (bicyclic) bond motifs is 2. The molecule has 2 aliphatic heterocycles. The Labute approximate surface area is 82.7 Å². The molecule has 14 heavy (non-hydrogen) atoms. The van der Waals surface area contributed by atoms with E-state index in [2.05, 4.69) is 9.88 Å². The summed E-state index contributed by atoms with van der Waals surface area (Å²) in [5.74, 6) is 0.578. The number of aromatic nitrogens is 1. The van der Waals surface area contributed by atoms with Crippen molar-refractivity contribution in [3.8, 4) is 0 Å². The second-order valence-corrected chi connectivity index (χ2v) is 3.94. The van der Waals surface area contributed by atoms with Gasteiger partial charge in [0.25, 0.3) is 0 Å². The second kappa shape index (κ2) is 2.85. The lowest BCUT2D eigenvalue weighted by atomic mass is 10.2. The molecule has 4 nitrogen and oxygen atoms in total. The van der Waals surface area contributed by atoms with Crippen molar-refractivity contribution in [2.45, 2.75) is 18.6 Å². The number of pyridine rings is 1. The Morgan fingerprint density at radius 3 is 3.00 bits per heavy atom. The third kappa shape index (κ3) is 1.14. The summed E-state index contributed by atoms with van der Waals surface area (Å²) in [6.07, 6.45) is 3.43. The van der Waals surface area contributed by atoms with Crippen LogP contribution in [0.3, 0.4) is 0 Å². The van der Waals surface area contributed by atoms with Crippen LogP contribution in [0.5, 0.6) is 0 Å². The van der Waals surface area contributed by atoms with Crippen LogP contribution >= 0.6 is 0 Å². The number of nitrogen functional groups attached to an aromatic ring is 1. The first-order valence-electron chi connectivity index (χ1n) is 4.93. The van der Waals surface area contributed by atoms with Gasteiger partial charge in [-0.15, -0.1) is 0 Å². The lowest BCUT2D eigenvalue weighted by Gasteiger charge is -2.28. The van der Waals surface area contributed by atoms with Crippen LogP contribution in [0, 0.1) is 0 Å². The molecule has 3 heterocycles. The van der Waals surface area contributed by atoms with Gasteiger partial charge in [-0.1, -0.05) is 0 Å². The van der Waals surface area contributed by atoms with E-state index in [-0.39, 0.29) is 0 Å². The van der Waals surface area contributed by atoms with Gasteiger partial charge >= 0.3 is 0 Å². The van der Waals surface area contributed by atoms with E-state index < -0.39 is 0 Å². The van der Waals surface area contributed by atoms with Crippen molar-refractivity contribution < 1.29 is 4.74 Å². The number of hydrogen-bond donors (Lipinski definition) is 1. The summed E-state index contributed by atoms with van der Waals surface area (Å²) in [4.78, 5) is 6.46. The standard InChI is InChI=1S/C10H13N3O/c11-10-2-1-7(4-12-10)13-5-9-3-8(13)6-14-9/h1-2,4,8-9H,3,5-6H2,(H2,11,12)/t8-,9-/m1/s1. The normalized spacial score (nSPS) is 29.9. The highest BCUT2D eigenvalue weighted by Gasteiger charge is 2.38. The van der Waals surface area contributed by atoms with E-state index >= 15 is 0 Å². The topological polar surface area (TPSA) is 51.4 Å². The highest BCUT2D eigenvalue weighted by Crippen LogP contribution is 2.31. The molecular weight excluding hydrogens is 178 g/mol. The zero-order chi connectivity index (χ0) is 9.54. The minimum Gasteiger partial charge on any atom is -0.384 e. The molecule has 2 saturated heterocycles. The molecular formula is C10H13N3O. The minimum absolute atomic E-state index is 0.428. The zero-order valence-electron chi connectivity index (χ0n) is 7.89. The van der Waals surface area contributed by atoms with Crippen LogP contribution in [0.4, 0.5) is 11.5 Å². The van der Waals surface area contributed by atoms with Gasteiger partial charge in [0, 0.05) is 6.54 Å². The van der Waals surface area contributed by atoms with Crippen molar-refractivity contribution in [2.75, 3.05) is 23.8 Å². The number of ether oxygens (including phenoxy) is 1. The molecule has 2 bridgehead atoms. The van der Waals surface area contributed by atoms with Crippen molar-refractivity contribution >= 4 is 11.5 Å². The van der Waals surface area contributed by atoms with Crippen LogP contribution in [0.2, 0.25) is 0 Å². The zero-order valence-corrected chi connectivity index (χ0v) is 7.89. The van der Waals surface area contributed by atoms with Crippen molar-refractivity contribution in [2.24, 2.45) is 0 Å². The van der Waals surface area contributed by atoms with Gasteiger partial charge < -0.3 is 15.4 Å². The molecule has 0 amide bonds. The van der Waals surface area contributed by atoms with E-state index in [1.807, 2.05) is 18.3 Å². The summed E-state index contributed by atoms with van der Waals surface area (Å²) in [7, 11) is 0. The average Bonchev–Trinajstić information content (AvgIpc) is 2.80. The number of nitrogens with zero attached hydrogens (tertiary/aromatic N) is 2. The first-order valence-corrected chi connectivity index (χ1v) is 4.93. The van der Waals surface area contributed by atoms with Gasteiger partial charge in [-0.05, 0) is 18.6 Å². The van der Waals surface area contributed by atoms with Gasteiger partial charge in [0.2, 0.25) is 0 Å². The number of hydrogen-bond acceptors (Lipinski definition) is 4. The predicted octanol–water partition coefficient (Wildman–Crippen LogP) is 0.641. The smallest absolute Gasteiger partial charge is 0.123 e. The van der Waals surface area contributed by atoms with Gasteiger partial charge in [0.05, 0.1) is 30.6 Å². The molecule has 2 N–H and O–H groups in total. The summed E-state index contributed by atoms with van der Waals surface area (Å²) < 4.78 is 5.54. The van der Waals surface area contributed by atoms with Crippen LogP contribution in [-0.2, 0) is 4.74 Å². The molecule has 0 spiro atoms. The third-order valence-electron chi connectivity index (χ3n) is 3.00. The molecule has 2 atom stereocenters. The Kier molecular flexibility index (Phi) is 1.64. The highest BCUT2D eigenvalue weighted by atomic mass is 16.5. The van der Waals surface area contributed by atoms with E-state index in [4.69, 9.17) is 10.5 Å². The molecule has 3 rings (SSSR count). The Morgan fingerprint density at radius 1 is 1.50 bits per heavy atom. The van der Waals surface area contributed by atoms with E-state index in [9.17, 15) is 0 Å². The Balaban J connectivity index is 1.86. The molecule has 0 aromatic carbocycles. The Hall–Kier alpha value is -1.29. The fourth-order valence-corrected chi connectivity index (χ4v) is 2.28. The van der Waals surface area contributed by atoms with E-state index in [0.29, 0.717) is 18.0 Å². The van der Waals surface area contributed by atoms with Crippen molar-refractivity contribution in [3.63, 3.8) is 0 Å². The first kappa shape index (κ1) is 8.05. The quantitative estimate of drug-likeness (QED) is 0.707. The largest absolute Gasteiger partial charge is 0.384 e. The van der Waals surface area contributed by atoms with Crippen molar-refractivity contribution in [1.29, 1.82) is 0 Å². The van der Waals surface area contributed by atoms with Crippen molar-refractivity contribution in [1.82, 2.24) is 4.98 Å². The van der Waals surface area contributed by atoms with E-state index in [1.54, 1.807) is 0 Å². The summed E-state index contributed by atoms with van der Waals surface area (Å²) in [6.45, 7) is 1.85. The lowest BCUT2D eigenvalue weighted by Crippen LogP contribution is -2.36. The van der Waals surface area contributed by atoms with Crippen LogP contribution < -0.4 is 10.6 Å². The molecule has 1 aromatic rings. The van der Waals surface area contributed by atoms with E-state index in [1.165, 1.54) is 0 Å². The first-order chi connectivity index (χ1) is 6.83. The van der Waals surface area contributed by atoms with Gasteiger partial charge in [-0.25, -0.2) is 4.98 Å². The van der Waals surface area contributed by atoms with Crippen LogP contribution in [0.15, 0.2) is 18.3 Å². The third-order valence-corrected chi connectivity index (χ3v) is 3.00. The van der Waals surface area contributed by atoms with Crippen LogP contribution in [0.1, 0.15) is 6.42 Å². The molecule has 4 heteroatoms. The number of nitrogens with two attached hydrogens (primary N) is 1. The molecule has 0 aliphatic carbocycles. The second-order valence-electron chi connectivity index (χ2n) is 3.94. The lowest BCUT2D eigenvalue weighted by molar-refractivity contribution is 0.0991. The molecule has 2 fully saturated rings. The van der Waals surface area contributed by atoms with Gasteiger partial charge in [-0.2, -0.15) is 0 Å². The Bertz CT molecular complexity index is 338. The summed E-state index contributed by atoms with van der Waals surface area (Å²) >= 11 is 0. The molecule has 0 radical (unpaired) electrons. The SMILES string of the molecule is Nc1ccc(N2C[C@H]3C[C@@H]2CO3)cn1. The highest BCUT2D eigenvalue weighted by molar-refractivity contribution is 5.50. The number of anilines is 2. The maximum Gasteiger partial charge on any atom is 0.123 e. The summed E-state index contributed by atoms with van der Waals surface area (Å²) in [6, 6.07) is 4.43. The average molecular weight is 191 g/mol. The summed E-state index contributed by atoms with van der Waals surface area (Å²) in [5.41, 5.74) is 6.71. The maximum atomic E-state index is 5.55. The van der Waals surface area contributed by atoms with Crippen molar-refractivity contribution in [3.05, 3.63) is 18.3 Å². The monoisotopic (exact) mass is 191 g/mol. The van der Waals surface area contributed by atoms with E-state index in [0.717, 1.165) is 25.3 Å². The van der Waals surface area contributed by atoms with Gasteiger partial charge in [0.15, 0.2) is 0 Å². The fraction of sp³-hybridized carbons (Fsp3) is 0.500. The predicted molar refractivity (Wildman–Crippen MR) is 54.1 cm³/mol. The molecule has 1 aromatic heterocycles. The number of rotatable bonds is 1. The molecule has 0 unspecified atom stereocenters. The molecule has 74 valence electrons. The van der Waals surface area contributed by atoms with Crippen LogP contribution in [-0.4, -0.2) is 30.3 Å². The van der Waals surface area contributed by atoms with Gasteiger partial charge in [0.1, 0.15) is 5.82 Å². The number of morpholine rings is 1. The summed E-state index contributed by atoms with van der Waals surface area (Å²) in [5, 5.41) is 0. The fourth-order valence-electron chi connectivity index (χ4n) is 2.28. The molecule has 0 saturated carbocycles. The Morgan fingerprint density at radius 2 is 2.43 bits per heavy atom. The van der Waals surface area contributed by atoms with Gasteiger partial charge in [-0.3, -0.25) is 0 Å². The van der Waals surface area contributed by atoms with Crippen LogP contribution in [0.25, 0.3) is 0 Å². The maximum absolute atomic E-state index is 5.55.